The number of hydrogen-bond acceptors (Lipinski definition) is 15. The van der Waals surface area contributed by atoms with Gasteiger partial charge in [-0.25, -0.2) is 27.6 Å². The van der Waals surface area contributed by atoms with Gasteiger partial charge in [0, 0.05) is 73.8 Å². The third-order valence-electron chi connectivity index (χ3n) is 14.4. The molecule has 21 heteroatoms. The number of likely N-dealkylation sites (N-methyl/N-ethyl adjacent to an activating group) is 4. The molecule has 8 atom stereocenters. The van der Waals surface area contributed by atoms with Gasteiger partial charge in [-0.15, -0.1) is 0 Å². The number of esters is 4. The zero-order valence-corrected chi connectivity index (χ0v) is 50.0. The lowest BCUT2D eigenvalue weighted by Crippen LogP contribution is -2.55. The van der Waals surface area contributed by atoms with Crippen LogP contribution in [-0.2, 0) is 86.7 Å². The molecule has 2 saturated heterocycles. The molecule has 2 aromatic carbocycles. The molecule has 0 unspecified atom stereocenters. The maximum atomic E-state index is 15.0. The molecular formula is C58H88N6O14S. The highest BCUT2D eigenvalue weighted by atomic mass is 32.2. The van der Waals surface area contributed by atoms with E-state index in [1.165, 1.54) is 52.6 Å². The largest absolute Gasteiger partial charge is 0.451 e. The lowest BCUT2D eigenvalue weighted by molar-refractivity contribution is -0.176. The van der Waals surface area contributed by atoms with Crippen molar-refractivity contribution in [3.8, 4) is 0 Å². The Hall–Kier alpha value is -5.93. The van der Waals surface area contributed by atoms with Crippen LogP contribution in [0.15, 0.2) is 54.6 Å². The molecule has 0 radical (unpaired) electrons. The van der Waals surface area contributed by atoms with Crippen LogP contribution < -0.4 is 0 Å². The number of carbonyl (C=O) groups excluding carboxylic acids is 8. The Bertz CT molecular complexity index is 2500. The lowest BCUT2D eigenvalue weighted by Gasteiger charge is -2.35. The minimum atomic E-state index is -3.31. The molecule has 0 bridgehead atoms. The molecule has 20 nitrogen and oxygen atoms in total. The summed E-state index contributed by atoms with van der Waals surface area (Å²) in [6, 6.07) is 11.0. The number of rotatable bonds is 15. The molecule has 0 spiro atoms. The molecule has 2 aliphatic heterocycles. The van der Waals surface area contributed by atoms with Crippen LogP contribution in [0.4, 0.5) is 0 Å². The second-order valence-electron chi connectivity index (χ2n) is 23.0. The summed E-state index contributed by atoms with van der Waals surface area (Å²) in [5.74, 6) is -7.48. The Morgan fingerprint density at radius 3 is 1.08 bits per heavy atom. The van der Waals surface area contributed by atoms with Crippen molar-refractivity contribution in [2.75, 3.05) is 60.6 Å². The smallest absolute Gasteiger partial charge is 0.329 e. The predicted octanol–water partition coefficient (Wildman–Crippen LogP) is 4.74. The number of benzene rings is 2. The Labute approximate surface area is 468 Å². The minimum Gasteiger partial charge on any atom is -0.451 e. The van der Waals surface area contributed by atoms with Crippen LogP contribution in [0.5, 0.6) is 0 Å². The van der Waals surface area contributed by atoms with E-state index in [9.17, 15) is 42.0 Å². The number of hydrogen-bond donors (Lipinski definition) is 0. The predicted molar refractivity (Wildman–Crippen MR) is 297 cm³/mol. The van der Waals surface area contributed by atoms with Crippen molar-refractivity contribution in [2.45, 2.75) is 163 Å². The third kappa shape index (κ3) is 19.1. The molecule has 4 amide bonds. The Morgan fingerprint density at radius 1 is 0.443 bits per heavy atom. The second kappa shape index (κ2) is 29.5. The van der Waals surface area contributed by atoms with E-state index in [0.29, 0.717) is 43.9 Å². The van der Waals surface area contributed by atoms with E-state index in [0.717, 1.165) is 25.2 Å². The number of ether oxygens (including phenoxy) is 4. The average molecular weight is 1130 g/mol. The SMILES string of the molecule is CC(C)C[C@H]1C(=O)O[C@H](Cc2ccc(CN3CCN(S(C)(=O)=O)CC3)cc2)C(=O)N(C)[C@@H](CC(C)C)C(=O)O[C@H](C)C(=O)N(C)[C@@H](CC(C)C)C(=O)O[C@H](Cc2ccccc2)C(=O)N(C)[C@@H](CC(C)C)C(=O)O[C@H](C)C(=O)N1C. The summed E-state index contributed by atoms with van der Waals surface area (Å²) in [6.07, 6.45) is -4.77. The molecule has 2 fully saturated rings. The van der Waals surface area contributed by atoms with Crippen molar-refractivity contribution in [1.82, 2.24) is 28.8 Å². The highest BCUT2D eigenvalue weighted by molar-refractivity contribution is 7.88. The van der Waals surface area contributed by atoms with Crippen molar-refractivity contribution in [3.05, 3.63) is 71.3 Å². The first-order valence-electron chi connectivity index (χ1n) is 27.6. The number of piperazine rings is 1. The highest BCUT2D eigenvalue weighted by Crippen LogP contribution is 2.25. The molecule has 4 rings (SSSR count). The van der Waals surface area contributed by atoms with Gasteiger partial charge >= 0.3 is 23.9 Å². The molecular weight excluding hydrogens is 1040 g/mol. The molecule has 79 heavy (non-hydrogen) atoms. The van der Waals surface area contributed by atoms with E-state index >= 15 is 4.79 Å². The summed E-state index contributed by atoms with van der Waals surface area (Å²) in [7, 11) is 2.21. The van der Waals surface area contributed by atoms with Crippen LogP contribution in [0.1, 0.15) is 112 Å². The number of amides is 4. The molecule has 2 aromatic rings. The first-order valence-corrected chi connectivity index (χ1v) is 29.4. The quantitative estimate of drug-likeness (QED) is 0.173. The van der Waals surface area contributed by atoms with Gasteiger partial charge in [-0.05, 0) is 79.9 Å². The molecule has 440 valence electrons. The van der Waals surface area contributed by atoms with Gasteiger partial charge in [0.25, 0.3) is 23.6 Å². The van der Waals surface area contributed by atoms with Crippen LogP contribution in [-0.4, -0.2) is 194 Å². The van der Waals surface area contributed by atoms with Crippen molar-refractivity contribution in [1.29, 1.82) is 0 Å². The number of nitrogens with zero attached hydrogens (tertiary/aromatic N) is 6. The maximum absolute atomic E-state index is 15.0. The van der Waals surface area contributed by atoms with Gasteiger partial charge in [0.05, 0.1) is 6.26 Å². The Morgan fingerprint density at radius 2 is 0.747 bits per heavy atom. The van der Waals surface area contributed by atoms with Gasteiger partial charge in [0.1, 0.15) is 24.2 Å². The maximum Gasteiger partial charge on any atom is 0.329 e. The monoisotopic (exact) mass is 1120 g/mol. The van der Waals surface area contributed by atoms with Gasteiger partial charge in [-0.1, -0.05) is 110 Å². The van der Waals surface area contributed by atoms with E-state index in [1.807, 2.05) is 67.5 Å². The van der Waals surface area contributed by atoms with Crippen molar-refractivity contribution >= 4 is 57.5 Å². The normalized spacial score (nSPS) is 25.3. The summed E-state index contributed by atoms with van der Waals surface area (Å²) in [5, 5.41) is 0. The standard InChI is InChI=1S/C58H88N6O14S/c1-36(2)29-45-55(69)75-41(10)52(66)60(12)48(32-39(7)8)58(72)78-50(34-43-21-23-44(24-22-43)35-63-25-27-64(28-26-63)79(15,73)74)54(68)62(14)46(30-37(3)4)56(70)76-40(9)51(65)59(11)47(31-38(5)6)57(71)77-49(53(67)61(45)13)33-42-19-17-16-18-20-42/h16-24,36-41,45-50H,25-35H2,1-15H3/t40-,41-,45+,46+,47+,48+,49-,50-/m1/s1. The Kier molecular flexibility index (Phi) is 24.5. The van der Waals surface area contributed by atoms with E-state index in [-0.39, 0.29) is 62.2 Å². The first-order chi connectivity index (χ1) is 36.9. The number of cyclic esters (lactones) is 4. The zero-order valence-electron chi connectivity index (χ0n) is 49.2. The summed E-state index contributed by atoms with van der Waals surface area (Å²) in [5.41, 5.74) is 2.15. The van der Waals surface area contributed by atoms with Crippen molar-refractivity contribution < 1.29 is 65.7 Å². The molecule has 0 aliphatic carbocycles. The van der Waals surface area contributed by atoms with E-state index < -0.39 is 106 Å². The summed E-state index contributed by atoms with van der Waals surface area (Å²) in [6.45, 7) is 19.8. The molecule has 0 N–H and O–H groups in total. The number of carbonyl (C=O) groups is 8. The molecule has 0 aromatic heterocycles. The molecule has 2 aliphatic rings. The fraction of sp³-hybridized carbons (Fsp3) is 0.655. The molecule has 0 saturated carbocycles. The summed E-state index contributed by atoms with van der Waals surface area (Å²) >= 11 is 0. The topological polar surface area (TPSA) is 227 Å². The Balaban J connectivity index is 1.82. The summed E-state index contributed by atoms with van der Waals surface area (Å²) in [4.78, 5) is 123. The van der Waals surface area contributed by atoms with E-state index in [1.54, 1.807) is 42.5 Å². The van der Waals surface area contributed by atoms with Crippen LogP contribution in [0.2, 0.25) is 0 Å². The lowest BCUT2D eigenvalue weighted by atomic mass is 9.99. The van der Waals surface area contributed by atoms with Gasteiger partial charge < -0.3 is 38.5 Å². The van der Waals surface area contributed by atoms with E-state index in [4.69, 9.17) is 18.9 Å². The van der Waals surface area contributed by atoms with E-state index in [2.05, 4.69) is 4.90 Å². The zero-order chi connectivity index (χ0) is 59.2. The van der Waals surface area contributed by atoms with Crippen LogP contribution in [0.3, 0.4) is 0 Å². The van der Waals surface area contributed by atoms with Crippen LogP contribution >= 0.6 is 0 Å². The van der Waals surface area contributed by atoms with Gasteiger partial charge in [0.15, 0.2) is 24.4 Å². The molecule has 2 heterocycles. The average Bonchev–Trinajstić information content (AvgIpc) is 3.40. The van der Waals surface area contributed by atoms with Gasteiger partial charge in [-0.2, -0.15) is 4.31 Å². The third-order valence-corrected chi connectivity index (χ3v) is 15.7. The summed E-state index contributed by atoms with van der Waals surface area (Å²) < 4.78 is 49.7. The first kappa shape index (κ1) is 65.6. The fourth-order valence-corrected chi connectivity index (χ4v) is 10.6. The van der Waals surface area contributed by atoms with Crippen molar-refractivity contribution in [3.63, 3.8) is 0 Å². The van der Waals surface area contributed by atoms with Gasteiger partial charge in [0.2, 0.25) is 10.0 Å². The second-order valence-corrected chi connectivity index (χ2v) is 25.0. The number of sulfonamides is 1. The highest BCUT2D eigenvalue weighted by Gasteiger charge is 2.43. The fourth-order valence-electron chi connectivity index (χ4n) is 9.78. The van der Waals surface area contributed by atoms with Crippen LogP contribution in [0, 0.1) is 23.7 Å². The van der Waals surface area contributed by atoms with Crippen LogP contribution in [0.25, 0.3) is 0 Å². The van der Waals surface area contributed by atoms with Crippen molar-refractivity contribution in [2.24, 2.45) is 23.7 Å². The van der Waals surface area contributed by atoms with Gasteiger partial charge in [-0.3, -0.25) is 24.1 Å². The minimum absolute atomic E-state index is 0.0705.